The molecule has 0 fully saturated rings. The number of hydrogen-bond donors (Lipinski definition) is 1. The van der Waals surface area contributed by atoms with E-state index in [0.717, 1.165) is 12.3 Å². The molecular formula is C16H24N2O2. The molecule has 0 bridgehead atoms. The number of hydrogen-bond acceptors (Lipinski definition) is 4. The van der Waals surface area contributed by atoms with Gasteiger partial charge in [0.05, 0.1) is 6.07 Å². The van der Waals surface area contributed by atoms with E-state index in [-0.39, 0.29) is 6.61 Å². The van der Waals surface area contributed by atoms with Crippen molar-refractivity contribution < 1.29 is 9.84 Å². The minimum absolute atomic E-state index is 0.269. The molecule has 0 heterocycles. The highest BCUT2D eigenvalue weighted by Crippen LogP contribution is 2.09. The number of para-hydroxylation sites is 1. The summed E-state index contributed by atoms with van der Waals surface area (Å²) in [5.41, 5.74) is 0. The summed E-state index contributed by atoms with van der Waals surface area (Å²) in [6.45, 7) is 6.64. The van der Waals surface area contributed by atoms with Gasteiger partial charge in [-0.1, -0.05) is 32.0 Å². The second-order valence-electron chi connectivity index (χ2n) is 5.34. The van der Waals surface area contributed by atoms with Gasteiger partial charge in [-0.05, 0) is 18.1 Å². The van der Waals surface area contributed by atoms with Crippen molar-refractivity contribution in [2.24, 2.45) is 5.92 Å². The first kappa shape index (κ1) is 16.5. The van der Waals surface area contributed by atoms with Crippen molar-refractivity contribution >= 4 is 0 Å². The molecule has 1 N–H and O–H groups in total. The Balaban J connectivity index is 2.36. The second kappa shape index (κ2) is 9.35. The summed E-state index contributed by atoms with van der Waals surface area (Å²) in [7, 11) is 0. The zero-order chi connectivity index (χ0) is 14.8. The third-order valence-corrected chi connectivity index (χ3v) is 2.82. The van der Waals surface area contributed by atoms with Gasteiger partial charge in [-0.2, -0.15) is 5.26 Å². The fourth-order valence-corrected chi connectivity index (χ4v) is 2.04. The van der Waals surface area contributed by atoms with Gasteiger partial charge in [0, 0.05) is 26.1 Å². The molecule has 0 saturated heterocycles. The van der Waals surface area contributed by atoms with Crippen LogP contribution in [0.15, 0.2) is 30.3 Å². The first-order valence-electron chi connectivity index (χ1n) is 7.07. The quantitative estimate of drug-likeness (QED) is 0.752. The number of aliphatic hydroxyl groups is 1. The number of benzene rings is 1. The van der Waals surface area contributed by atoms with Crippen molar-refractivity contribution in [1.29, 1.82) is 5.26 Å². The van der Waals surface area contributed by atoms with Crippen LogP contribution in [0.5, 0.6) is 5.75 Å². The summed E-state index contributed by atoms with van der Waals surface area (Å²) in [6, 6.07) is 11.6. The van der Waals surface area contributed by atoms with Crippen LogP contribution in [0.3, 0.4) is 0 Å². The van der Waals surface area contributed by atoms with Crippen LogP contribution in [0.4, 0.5) is 0 Å². The van der Waals surface area contributed by atoms with Gasteiger partial charge >= 0.3 is 0 Å². The van der Waals surface area contributed by atoms with Gasteiger partial charge in [-0.15, -0.1) is 0 Å². The van der Waals surface area contributed by atoms with Crippen LogP contribution < -0.4 is 4.74 Å². The average Bonchev–Trinajstić information content (AvgIpc) is 2.43. The van der Waals surface area contributed by atoms with Crippen LogP contribution in [0.1, 0.15) is 20.3 Å². The normalized spacial score (nSPS) is 12.4. The molecule has 0 aliphatic heterocycles. The van der Waals surface area contributed by atoms with Crippen molar-refractivity contribution in [1.82, 2.24) is 4.90 Å². The molecule has 1 atom stereocenters. The van der Waals surface area contributed by atoms with Crippen LogP contribution in [0, 0.1) is 17.2 Å². The highest BCUT2D eigenvalue weighted by molar-refractivity contribution is 5.20. The first-order chi connectivity index (χ1) is 9.61. The highest BCUT2D eigenvalue weighted by atomic mass is 16.5. The standard InChI is InChI=1S/C16H24N2O2/c1-14(2)11-18(10-6-9-17)12-15(19)13-20-16-7-4-3-5-8-16/h3-5,7-8,14-15,19H,6,10-13H2,1-2H3/t15-/m0/s1. The fraction of sp³-hybridized carbons (Fsp3) is 0.562. The van der Waals surface area contributed by atoms with E-state index in [1.807, 2.05) is 30.3 Å². The highest BCUT2D eigenvalue weighted by Gasteiger charge is 2.13. The summed E-state index contributed by atoms with van der Waals surface area (Å²) < 4.78 is 5.54. The molecule has 1 aromatic rings. The Morgan fingerprint density at radius 2 is 1.95 bits per heavy atom. The molecule has 0 spiro atoms. The van der Waals surface area contributed by atoms with Crippen molar-refractivity contribution in [3.8, 4) is 11.8 Å². The smallest absolute Gasteiger partial charge is 0.119 e. The lowest BCUT2D eigenvalue weighted by Crippen LogP contribution is -2.38. The molecule has 20 heavy (non-hydrogen) atoms. The number of aliphatic hydroxyl groups excluding tert-OH is 1. The second-order valence-corrected chi connectivity index (χ2v) is 5.34. The van der Waals surface area contributed by atoms with Crippen LogP contribution in [0.25, 0.3) is 0 Å². The summed E-state index contributed by atoms with van der Waals surface area (Å²) in [4.78, 5) is 2.12. The van der Waals surface area contributed by atoms with Crippen LogP contribution in [-0.2, 0) is 0 Å². The van der Waals surface area contributed by atoms with Crippen LogP contribution in [-0.4, -0.2) is 42.4 Å². The van der Waals surface area contributed by atoms with E-state index in [4.69, 9.17) is 10.00 Å². The van der Waals surface area contributed by atoms with Crippen LogP contribution in [0.2, 0.25) is 0 Å². The van der Waals surface area contributed by atoms with Gasteiger partial charge in [0.15, 0.2) is 0 Å². The van der Waals surface area contributed by atoms with E-state index in [9.17, 15) is 5.11 Å². The number of nitriles is 1. The van der Waals surface area contributed by atoms with Crippen molar-refractivity contribution in [2.45, 2.75) is 26.4 Å². The third-order valence-electron chi connectivity index (χ3n) is 2.82. The molecule has 4 heteroatoms. The maximum atomic E-state index is 10.0. The molecule has 0 saturated carbocycles. The molecule has 110 valence electrons. The van der Waals surface area contributed by atoms with Gasteiger partial charge in [0.1, 0.15) is 18.5 Å². The minimum Gasteiger partial charge on any atom is -0.491 e. The molecule has 1 aromatic carbocycles. The van der Waals surface area contributed by atoms with E-state index in [0.29, 0.717) is 25.4 Å². The predicted molar refractivity (Wildman–Crippen MR) is 79.5 cm³/mol. The van der Waals surface area contributed by atoms with Crippen molar-refractivity contribution in [3.63, 3.8) is 0 Å². The zero-order valence-corrected chi connectivity index (χ0v) is 12.3. The molecule has 0 unspecified atom stereocenters. The largest absolute Gasteiger partial charge is 0.491 e. The average molecular weight is 276 g/mol. The topological polar surface area (TPSA) is 56.5 Å². The summed E-state index contributed by atoms with van der Waals surface area (Å²) >= 11 is 0. The molecule has 1 rings (SSSR count). The maximum absolute atomic E-state index is 10.0. The van der Waals surface area contributed by atoms with E-state index >= 15 is 0 Å². The Labute approximate surface area is 121 Å². The lowest BCUT2D eigenvalue weighted by molar-refractivity contribution is 0.0650. The van der Waals surface area contributed by atoms with E-state index in [2.05, 4.69) is 24.8 Å². The third kappa shape index (κ3) is 7.13. The molecule has 0 amide bonds. The van der Waals surface area contributed by atoms with Gasteiger partial charge in [-0.3, -0.25) is 4.90 Å². The summed E-state index contributed by atoms with van der Waals surface area (Å²) in [6.07, 6.45) is -0.0634. The van der Waals surface area contributed by atoms with E-state index in [1.165, 1.54) is 0 Å². The summed E-state index contributed by atoms with van der Waals surface area (Å²) in [5.74, 6) is 1.27. The van der Waals surface area contributed by atoms with Gasteiger partial charge in [0.2, 0.25) is 0 Å². The molecule has 4 nitrogen and oxygen atoms in total. The molecule has 0 aromatic heterocycles. The van der Waals surface area contributed by atoms with Gasteiger partial charge in [0.25, 0.3) is 0 Å². The van der Waals surface area contributed by atoms with E-state index < -0.39 is 6.10 Å². The van der Waals surface area contributed by atoms with Crippen molar-refractivity contribution in [3.05, 3.63) is 30.3 Å². The Morgan fingerprint density at radius 1 is 1.25 bits per heavy atom. The molecule has 0 radical (unpaired) electrons. The Hall–Kier alpha value is -1.57. The predicted octanol–water partition coefficient (Wildman–Crippen LogP) is 2.30. The maximum Gasteiger partial charge on any atom is 0.119 e. The Bertz CT molecular complexity index is 401. The van der Waals surface area contributed by atoms with Crippen molar-refractivity contribution in [2.75, 3.05) is 26.2 Å². The summed E-state index contributed by atoms with van der Waals surface area (Å²) in [5, 5.41) is 18.7. The Morgan fingerprint density at radius 3 is 2.55 bits per heavy atom. The lowest BCUT2D eigenvalue weighted by Gasteiger charge is -2.25. The number of ether oxygens (including phenoxy) is 1. The number of nitrogens with zero attached hydrogens (tertiary/aromatic N) is 2. The molecule has 0 aliphatic rings. The monoisotopic (exact) mass is 276 g/mol. The SMILES string of the molecule is CC(C)CN(CCC#N)C[C@H](O)COc1ccccc1. The Kier molecular flexibility index (Phi) is 7.71. The minimum atomic E-state index is -0.548. The first-order valence-corrected chi connectivity index (χ1v) is 7.07. The van der Waals surface area contributed by atoms with E-state index in [1.54, 1.807) is 0 Å². The molecular weight excluding hydrogens is 252 g/mol. The van der Waals surface area contributed by atoms with Crippen LogP contribution >= 0.6 is 0 Å². The van der Waals surface area contributed by atoms with Gasteiger partial charge in [-0.25, -0.2) is 0 Å². The zero-order valence-electron chi connectivity index (χ0n) is 12.3. The fourth-order valence-electron chi connectivity index (χ4n) is 2.04. The molecule has 0 aliphatic carbocycles. The number of rotatable bonds is 9. The van der Waals surface area contributed by atoms with Gasteiger partial charge < -0.3 is 9.84 Å². The lowest BCUT2D eigenvalue weighted by atomic mass is 10.2.